The van der Waals surface area contributed by atoms with Gasteiger partial charge in [-0.2, -0.15) is 0 Å². The minimum Gasteiger partial charge on any atom is -0.465 e. The third kappa shape index (κ3) is 5.19. The van der Waals surface area contributed by atoms with Crippen molar-refractivity contribution in [3.05, 3.63) is 23.2 Å². The van der Waals surface area contributed by atoms with Gasteiger partial charge in [-0.25, -0.2) is 9.79 Å². The molecule has 3 N–H and O–H groups in total. The van der Waals surface area contributed by atoms with Crippen molar-refractivity contribution in [1.29, 1.82) is 0 Å². The number of hydrogen-bond acceptors (Lipinski definition) is 4. The molecule has 2 rings (SSSR count). The van der Waals surface area contributed by atoms with Gasteiger partial charge in [0.05, 0.1) is 7.11 Å². The monoisotopic (exact) mass is 421 g/mol. The lowest BCUT2D eigenvalue weighted by atomic mass is 9.96. The minimum absolute atomic E-state index is 0. The van der Waals surface area contributed by atoms with Crippen LogP contribution >= 0.6 is 24.0 Å². The lowest BCUT2D eigenvalue weighted by Crippen LogP contribution is -2.41. The Bertz CT molecular complexity index is 522. The zero-order valence-electron chi connectivity index (χ0n) is 13.1. The van der Waals surface area contributed by atoms with Crippen LogP contribution in [0.5, 0.6) is 0 Å². The summed E-state index contributed by atoms with van der Waals surface area (Å²) in [5, 5.41) is 3.24. The van der Waals surface area contributed by atoms with Crippen molar-refractivity contribution in [3.63, 3.8) is 0 Å². The number of aliphatic imine (C=N–C) groups is 1. The number of carbonyl (C=O) groups is 1. The summed E-state index contributed by atoms with van der Waals surface area (Å²) in [7, 11) is 1.35. The number of hydrogen-bond donors (Lipinski definition) is 2. The third-order valence-electron chi connectivity index (χ3n) is 3.74. The van der Waals surface area contributed by atoms with Crippen molar-refractivity contribution in [3.8, 4) is 0 Å². The molecule has 1 aromatic heterocycles. The Balaban J connectivity index is 0.00000242. The average molecular weight is 421 g/mol. The summed E-state index contributed by atoms with van der Waals surface area (Å²) in [6.45, 7) is 2.03. The lowest BCUT2D eigenvalue weighted by molar-refractivity contribution is 0.0599. The van der Waals surface area contributed by atoms with Crippen LogP contribution in [0.4, 0.5) is 0 Å². The number of esters is 1. The van der Waals surface area contributed by atoms with Gasteiger partial charge in [-0.1, -0.05) is 19.3 Å². The molecule has 0 atom stereocenters. The second kappa shape index (κ2) is 9.02. The third-order valence-corrected chi connectivity index (χ3v) is 3.74. The summed E-state index contributed by atoms with van der Waals surface area (Å²) in [5.74, 6) is 1.16. The molecule has 1 heterocycles. The van der Waals surface area contributed by atoms with Gasteiger partial charge in [0.1, 0.15) is 23.6 Å². The number of halogens is 1. The summed E-state index contributed by atoms with van der Waals surface area (Å²) in [5.41, 5.74) is 6.32. The highest BCUT2D eigenvalue weighted by molar-refractivity contribution is 14.0. The Morgan fingerprint density at radius 3 is 2.77 bits per heavy atom. The van der Waals surface area contributed by atoms with E-state index in [9.17, 15) is 4.79 Å². The highest BCUT2D eigenvalue weighted by atomic mass is 127. The molecule has 22 heavy (non-hydrogen) atoms. The number of furan rings is 1. The Morgan fingerprint density at radius 1 is 1.45 bits per heavy atom. The Labute approximate surface area is 147 Å². The molecule has 0 aliphatic heterocycles. The number of guanidine groups is 1. The van der Waals surface area contributed by atoms with Crippen LogP contribution in [-0.2, 0) is 11.3 Å². The van der Waals surface area contributed by atoms with Gasteiger partial charge in [-0.15, -0.1) is 24.0 Å². The van der Waals surface area contributed by atoms with Gasteiger partial charge >= 0.3 is 5.97 Å². The van der Waals surface area contributed by atoms with E-state index in [-0.39, 0.29) is 24.0 Å². The van der Waals surface area contributed by atoms with Crippen LogP contribution in [0.1, 0.15) is 54.0 Å². The van der Waals surface area contributed by atoms with Crippen LogP contribution in [0.3, 0.4) is 0 Å². The number of carbonyl (C=O) groups excluding carboxylic acids is 1. The standard InChI is InChI=1S/C15H23N3O3.HI/c1-10-13(14(19)20-2)8-12(21-10)9-17-15(16)18-11-6-4-3-5-7-11;/h8,11H,3-7,9H2,1-2H3,(H3,16,17,18);1H. The van der Waals surface area contributed by atoms with Crippen LogP contribution in [0, 0.1) is 6.92 Å². The van der Waals surface area contributed by atoms with Crippen LogP contribution < -0.4 is 11.1 Å². The van der Waals surface area contributed by atoms with Gasteiger partial charge in [0.25, 0.3) is 0 Å². The van der Waals surface area contributed by atoms with Gasteiger partial charge in [0.15, 0.2) is 5.96 Å². The van der Waals surface area contributed by atoms with E-state index in [0.717, 1.165) is 12.8 Å². The molecule has 1 saturated carbocycles. The van der Waals surface area contributed by atoms with E-state index in [2.05, 4.69) is 15.0 Å². The highest BCUT2D eigenvalue weighted by Crippen LogP contribution is 2.18. The van der Waals surface area contributed by atoms with E-state index in [0.29, 0.717) is 35.6 Å². The van der Waals surface area contributed by atoms with Crippen molar-refractivity contribution >= 4 is 35.9 Å². The maximum absolute atomic E-state index is 11.5. The molecule has 1 aromatic rings. The summed E-state index contributed by atoms with van der Waals surface area (Å²) in [6, 6.07) is 2.07. The fourth-order valence-electron chi connectivity index (χ4n) is 2.60. The molecule has 0 spiro atoms. The number of methoxy groups -OCH3 is 1. The number of nitrogens with zero attached hydrogens (tertiary/aromatic N) is 1. The largest absolute Gasteiger partial charge is 0.465 e. The first kappa shape index (κ1) is 18.8. The molecule has 7 heteroatoms. The Morgan fingerprint density at radius 2 is 2.14 bits per heavy atom. The van der Waals surface area contributed by atoms with Gasteiger partial charge < -0.3 is 20.2 Å². The quantitative estimate of drug-likeness (QED) is 0.338. The van der Waals surface area contributed by atoms with Gasteiger partial charge in [0.2, 0.25) is 0 Å². The molecule has 1 aliphatic rings. The highest BCUT2D eigenvalue weighted by Gasteiger charge is 2.16. The first-order valence-corrected chi connectivity index (χ1v) is 7.34. The van der Waals surface area contributed by atoms with E-state index in [1.807, 2.05) is 0 Å². The van der Waals surface area contributed by atoms with Crippen molar-refractivity contribution in [2.75, 3.05) is 7.11 Å². The zero-order valence-corrected chi connectivity index (χ0v) is 15.4. The number of nitrogens with one attached hydrogen (secondary N) is 1. The second-order valence-electron chi connectivity index (χ2n) is 5.35. The fourth-order valence-corrected chi connectivity index (χ4v) is 2.60. The van der Waals surface area contributed by atoms with E-state index in [4.69, 9.17) is 10.2 Å². The van der Waals surface area contributed by atoms with Crippen LogP contribution in [0.2, 0.25) is 0 Å². The predicted octanol–water partition coefficient (Wildman–Crippen LogP) is 2.73. The molecule has 124 valence electrons. The fraction of sp³-hybridized carbons (Fsp3) is 0.600. The average Bonchev–Trinajstić information content (AvgIpc) is 2.86. The summed E-state index contributed by atoms with van der Waals surface area (Å²) in [6.07, 6.45) is 6.07. The van der Waals surface area contributed by atoms with Crippen molar-refractivity contribution in [1.82, 2.24) is 5.32 Å². The van der Waals surface area contributed by atoms with Crippen LogP contribution in [0.25, 0.3) is 0 Å². The van der Waals surface area contributed by atoms with Crippen molar-refractivity contribution in [2.45, 2.75) is 51.6 Å². The number of ether oxygens (including phenoxy) is 1. The molecule has 0 saturated heterocycles. The van der Waals surface area contributed by atoms with Crippen molar-refractivity contribution in [2.24, 2.45) is 10.7 Å². The number of nitrogens with two attached hydrogens (primary N) is 1. The first-order valence-electron chi connectivity index (χ1n) is 7.34. The summed E-state index contributed by atoms with van der Waals surface area (Å²) in [4.78, 5) is 15.8. The number of rotatable bonds is 4. The maximum atomic E-state index is 11.5. The zero-order chi connectivity index (χ0) is 15.2. The normalized spacial score (nSPS) is 16.0. The van der Waals surface area contributed by atoms with Gasteiger partial charge in [0, 0.05) is 6.04 Å². The SMILES string of the molecule is COC(=O)c1cc(CN=C(N)NC2CCCCC2)oc1C.I. The molecule has 0 amide bonds. The lowest BCUT2D eigenvalue weighted by Gasteiger charge is -2.23. The molecule has 1 fully saturated rings. The number of aryl methyl sites for hydroxylation is 1. The molecule has 0 unspecified atom stereocenters. The minimum atomic E-state index is -0.403. The molecule has 0 radical (unpaired) electrons. The van der Waals surface area contributed by atoms with E-state index in [1.54, 1.807) is 13.0 Å². The molecule has 6 nitrogen and oxygen atoms in total. The molecule has 1 aliphatic carbocycles. The van der Waals surface area contributed by atoms with Gasteiger partial charge in [-0.3, -0.25) is 0 Å². The predicted molar refractivity (Wildman–Crippen MR) is 95.5 cm³/mol. The van der Waals surface area contributed by atoms with E-state index >= 15 is 0 Å². The van der Waals surface area contributed by atoms with Crippen LogP contribution in [-0.4, -0.2) is 25.1 Å². The Hall–Kier alpha value is -1.25. The van der Waals surface area contributed by atoms with E-state index < -0.39 is 5.97 Å². The smallest absolute Gasteiger partial charge is 0.341 e. The molecule has 0 bridgehead atoms. The van der Waals surface area contributed by atoms with Crippen molar-refractivity contribution < 1.29 is 13.9 Å². The Kier molecular flexibility index (Phi) is 7.70. The topological polar surface area (TPSA) is 89.8 Å². The molecular formula is C15H24IN3O3. The summed E-state index contributed by atoms with van der Waals surface area (Å²) >= 11 is 0. The summed E-state index contributed by atoms with van der Waals surface area (Å²) < 4.78 is 10.2. The first-order chi connectivity index (χ1) is 10.1. The van der Waals surface area contributed by atoms with Crippen LogP contribution in [0.15, 0.2) is 15.5 Å². The maximum Gasteiger partial charge on any atom is 0.341 e. The second-order valence-corrected chi connectivity index (χ2v) is 5.35. The van der Waals surface area contributed by atoms with Gasteiger partial charge in [-0.05, 0) is 25.8 Å². The van der Waals surface area contributed by atoms with E-state index in [1.165, 1.54) is 26.4 Å². The molecular weight excluding hydrogens is 397 g/mol. The molecule has 0 aromatic carbocycles.